The first-order chi connectivity index (χ1) is 14.3. The zero-order valence-corrected chi connectivity index (χ0v) is 21.1. The van der Waals surface area contributed by atoms with E-state index in [4.69, 9.17) is 9.47 Å². The van der Waals surface area contributed by atoms with Gasteiger partial charge in [-0.05, 0) is 12.1 Å². The smallest absolute Gasteiger partial charge is 0.202 e. The summed E-state index contributed by atoms with van der Waals surface area (Å²) in [7, 11) is 0. The number of hydrogen-bond acceptors (Lipinski definition) is 2. The lowest BCUT2D eigenvalue weighted by Gasteiger charge is -2.26. The fourth-order valence-corrected chi connectivity index (χ4v) is 1.34. The molecule has 29 heavy (non-hydrogen) atoms. The van der Waals surface area contributed by atoms with Gasteiger partial charge in [-0.25, -0.2) is 0 Å². The Kier molecular flexibility index (Phi) is 44.3. The number of benzene rings is 2. The topological polar surface area (TPSA) is 18.5 Å². The highest BCUT2D eigenvalue weighted by atomic mass is 16.7. The van der Waals surface area contributed by atoms with Gasteiger partial charge in [0.2, 0.25) is 6.29 Å². The summed E-state index contributed by atoms with van der Waals surface area (Å²) in [6.07, 6.45) is 3.51. The summed E-state index contributed by atoms with van der Waals surface area (Å²) in [5.41, 5.74) is 0. The minimum Gasteiger partial charge on any atom is -0.465 e. The molecule has 0 aromatic heterocycles. The van der Waals surface area contributed by atoms with Gasteiger partial charge in [0.25, 0.3) is 0 Å². The van der Waals surface area contributed by atoms with Gasteiger partial charge in [-0.2, -0.15) is 0 Å². The number of hydrogen-bond donors (Lipinski definition) is 0. The molecule has 0 amide bonds. The average molecular weight is 407 g/mol. The van der Waals surface area contributed by atoms with Gasteiger partial charge in [-0.1, -0.05) is 137 Å². The molecule has 1 aliphatic heterocycles. The Bertz CT molecular complexity index is 396. The van der Waals surface area contributed by atoms with Crippen LogP contribution < -0.4 is 4.74 Å². The number of rotatable bonds is 2. The number of ether oxygens (including phenoxy) is 2. The maximum atomic E-state index is 5.43. The highest BCUT2D eigenvalue weighted by Gasteiger charge is 2.19. The van der Waals surface area contributed by atoms with E-state index in [1.54, 1.807) is 0 Å². The van der Waals surface area contributed by atoms with Crippen molar-refractivity contribution in [3.05, 3.63) is 66.7 Å². The van der Waals surface area contributed by atoms with Crippen LogP contribution in [0.15, 0.2) is 66.7 Å². The van der Waals surface area contributed by atoms with Crippen LogP contribution in [0.4, 0.5) is 0 Å². The van der Waals surface area contributed by atoms with Crippen molar-refractivity contribution in [2.24, 2.45) is 0 Å². The normalized spacial score (nSPS) is 12.0. The molecule has 1 fully saturated rings. The highest BCUT2D eigenvalue weighted by Crippen LogP contribution is 2.17. The third kappa shape index (κ3) is 31.1. The predicted molar refractivity (Wildman–Crippen MR) is 134 cm³/mol. The molecule has 0 spiro atoms. The SMILES string of the molecule is CC.CC.CC.CCC.CCC.c1ccc(OC2CCO2)cc1.c1ccccc1. The first-order valence-corrected chi connectivity index (χ1v) is 11.6. The summed E-state index contributed by atoms with van der Waals surface area (Å²) in [4.78, 5) is 0. The van der Waals surface area contributed by atoms with Crippen LogP contribution in [0, 0.1) is 0 Å². The zero-order chi connectivity index (χ0) is 23.2. The van der Waals surface area contributed by atoms with E-state index in [1.165, 1.54) is 12.8 Å². The van der Waals surface area contributed by atoms with Gasteiger partial charge in [0, 0.05) is 6.42 Å². The van der Waals surface area contributed by atoms with Crippen LogP contribution in [0.1, 0.15) is 88.5 Å². The Balaban J connectivity index is -0.000000149. The summed E-state index contributed by atoms with van der Waals surface area (Å²) in [5.74, 6) is 0.886. The lowest BCUT2D eigenvalue weighted by molar-refractivity contribution is -0.165. The summed E-state index contributed by atoms with van der Waals surface area (Å²) in [5, 5.41) is 0. The van der Waals surface area contributed by atoms with Crippen LogP contribution >= 0.6 is 0 Å². The summed E-state index contributed by atoms with van der Waals surface area (Å²) in [6.45, 7) is 21.3. The first kappa shape index (κ1) is 34.7. The Morgan fingerprint density at radius 1 is 0.655 bits per heavy atom. The van der Waals surface area contributed by atoms with Gasteiger partial charge >= 0.3 is 0 Å². The molecule has 1 aliphatic rings. The van der Waals surface area contributed by atoms with Crippen molar-refractivity contribution in [3.8, 4) is 5.75 Å². The Morgan fingerprint density at radius 3 is 1.17 bits per heavy atom. The Hall–Kier alpha value is -1.80. The van der Waals surface area contributed by atoms with Crippen LogP contribution in [0.25, 0.3) is 0 Å². The molecule has 0 aliphatic carbocycles. The van der Waals surface area contributed by atoms with Gasteiger partial charge < -0.3 is 9.47 Å². The van der Waals surface area contributed by atoms with E-state index in [9.17, 15) is 0 Å². The maximum absolute atomic E-state index is 5.43. The third-order valence-electron chi connectivity index (χ3n) is 2.33. The minimum atomic E-state index is -0.00241. The molecule has 0 N–H and O–H groups in total. The molecule has 1 heterocycles. The van der Waals surface area contributed by atoms with Crippen molar-refractivity contribution in [3.63, 3.8) is 0 Å². The third-order valence-corrected chi connectivity index (χ3v) is 2.33. The zero-order valence-electron chi connectivity index (χ0n) is 21.1. The van der Waals surface area contributed by atoms with E-state index < -0.39 is 0 Å². The summed E-state index contributed by atoms with van der Waals surface area (Å²) < 4.78 is 10.5. The lowest BCUT2D eigenvalue weighted by Crippen LogP contribution is -2.32. The summed E-state index contributed by atoms with van der Waals surface area (Å²) in [6, 6.07) is 21.7. The van der Waals surface area contributed by atoms with E-state index in [2.05, 4.69) is 27.7 Å². The van der Waals surface area contributed by atoms with E-state index >= 15 is 0 Å². The van der Waals surface area contributed by atoms with Crippen LogP contribution in [-0.4, -0.2) is 12.9 Å². The van der Waals surface area contributed by atoms with Gasteiger partial charge in [0.1, 0.15) is 5.75 Å². The van der Waals surface area contributed by atoms with Crippen molar-refractivity contribution >= 4 is 0 Å². The molecular formula is C27H50O2. The molecule has 1 atom stereocenters. The molecule has 2 nitrogen and oxygen atoms in total. The second kappa shape index (κ2) is 37.0. The van der Waals surface area contributed by atoms with Crippen molar-refractivity contribution in [2.45, 2.75) is 94.8 Å². The second-order valence-electron chi connectivity index (χ2n) is 5.09. The molecular weight excluding hydrogens is 356 g/mol. The van der Waals surface area contributed by atoms with Gasteiger partial charge in [0.15, 0.2) is 0 Å². The van der Waals surface area contributed by atoms with Crippen LogP contribution in [0.3, 0.4) is 0 Å². The van der Waals surface area contributed by atoms with Crippen molar-refractivity contribution in [2.75, 3.05) is 6.61 Å². The minimum absolute atomic E-state index is 0.00241. The molecule has 3 rings (SSSR count). The van der Waals surface area contributed by atoms with Crippen LogP contribution in [0.2, 0.25) is 0 Å². The fourth-order valence-electron chi connectivity index (χ4n) is 1.34. The van der Waals surface area contributed by atoms with Gasteiger partial charge in [0.05, 0.1) is 6.61 Å². The first-order valence-electron chi connectivity index (χ1n) is 11.6. The molecule has 1 unspecified atom stereocenters. The molecule has 170 valence electrons. The monoisotopic (exact) mass is 406 g/mol. The van der Waals surface area contributed by atoms with Crippen LogP contribution in [-0.2, 0) is 4.74 Å². The van der Waals surface area contributed by atoms with Crippen LogP contribution in [0.5, 0.6) is 5.75 Å². The van der Waals surface area contributed by atoms with E-state index in [-0.39, 0.29) is 6.29 Å². The van der Waals surface area contributed by atoms with E-state index in [0.717, 1.165) is 18.8 Å². The van der Waals surface area contributed by atoms with Gasteiger partial charge in [-0.3, -0.25) is 0 Å². The largest absolute Gasteiger partial charge is 0.465 e. The van der Waals surface area contributed by atoms with Gasteiger partial charge in [-0.15, -0.1) is 0 Å². The fraction of sp³-hybridized carbons (Fsp3) is 0.556. The highest BCUT2D eigenvalue weighted by molar-refractivity contribution is 5.21. The Labute approximate surface area is 183 Å². The van der Waals surface area contributed by atoms with Crippen molar-refractivity contribution < 1.29 is 9.47 Å². The Morgan fingerprint density at radius 2 is 0.931 bits per heavy atom. The maximum Gasteiger partial charge on any atom is 0.202 e. The standard InChI is InChI=1S/C9H10O2.C6H6.2C3H8.3C2H6/c1-2-4-8(5-3-1)11-9-6-7-10-9;1-2-4-6-5-3-1;2*1-3-2;3*1-2/h1-5,9H,6-7H2;1-6H;2*3H2,1-2H3;3*1-2H3. The molecule has 2 aromatic carbocycles. The van der Waals surface area contributed by atoms with Crippen molar-refractivity contribution in [1.82, 2.24) is 0 Å². The van der Waals surface area contributed by atoms with E-state index in [1.807, 2.05) is 108 Å². The van der Waals surface area contributed by atoms with E-state index in [0.29, 0.717) is 0 Å². The quantitative estimate of drug-likeness (QED) is 0.494. The molecule has 0 saturated carbocycles. The second-order valence-corrected chi connectivity index (χ2v) is 5.09. The lowest BCUT2D eigenvalue weighted by atomic mass is 10.3. The molecule has 2 aromatic rings. The average Bonchev–Trinajstić information content (AvgIpc) is 2.79. The molecule has 0 bridgehead atoms. The predicted octanol–water partition coefficient (Wildman–Crippen LogP) is 9.41. The van der Waals surface area contributed by atoms with Crippen molar-refractivity contribution in [1.29, 1.82) is 0 Å². The summed E-state index contributed by atoms with van der Waals surface area (Å²) >= 11 is 0. The molecule has 2 heteroatoms. The molecule has 1 saturated heterocycles. The number of para-hydroxylation sites is 1. The molecule has 0 radical (unpaired) electrons.